The van der Waals surface area contributed by atoms with Crippen LogP contribution in [0.3, 0.4) is 0 Å². The van der Waals surface area contributed by atoms with Crippen molar-refractivity contribution in [1.29, 1.82) is 0 Å². The summed E-state index contributed by atoms with van der Waals surface area (Å²) < 4.78 is 1.35. The van der Waals surface area contributed by atoms with Gasteiger partial charge in [-0.25, -0.2) is 4.79 Å². The number of nitrogens with one attached hydrogen (secondary N) is 2. The summed E-state index contributed by atoms with van der Waals surface area (Å²) in [6, 6.07) is 7.98. The fraction of sp³-hybridized carbons (Fsp3) is 0.375. The molecule has 1 saturated carbocycles. The van der Waals surface area contributed by atoms with Crippen molar-refractivity contribution in [2.45, 2.75) is 24.9 Å². The lowest BCUT2D eigenvalue weighted by Crippen LogP contribution is -2.49. The van der Waals surface area contributed by atoms with E-state index >= 15 is 0 Å². The molecular weight excluding hydrogens is 300 g/mol. The Morgan fingerprint density at radius 1 is 1.36 bits per heavy atom. The van der Waals surface area contributed by atoms with Gasteiger partial charge >= 0.3 is 6.03 Å². The second-order valence-corrected chi connectivity index (χ2v) is 6.47. The number of hydrogen-bond donors (Lipinski definition) is 2. The van der Waals surface area contributed by atoms with Crippen molar-refractivity contribution < 1.29 is 4.79 Å². The van der Waals surface area contributed by atoms with Crippen LogP contribution >= 0.6 is 11.6 Å². The van der Waals surface area contributed by atoms with E-state index in [1.54, 1.807) is 12.4 Å². The highest BCUT2D eigenvalue weighted by atomic mass is 35.5. The molecule has 2 fully saturated rings. The summed E-state index contributed by atoms with van der Waals surface area (Å²) in [6.45, 7) is 1.08. The Kier molecular flexibility index (Phi) is 3.39. The largest absolute Gasteiger partial charge is 0.342 e. The van der Waals surface area contributed by atoms with Crippen molar-refractivity contribution in [1.82, 2.24) is 20.4 Å². The number of nitrogens with zero attached hydrogens (tertiary/aromatic N) is 2. The Labute approximate surface area is 133 Å². The Hall–Kier alpha value is -1.85. The van der Waals surface area contributed by atoms with E-state index in [0.29, 0.717) is 17.0 Å². The zero-order valence-corrected chi connectivity index (χ0v) is 12.8. The summed E-state index contributed by atoms with van der Waals surface area (Å²) in [6.07, 6.45) is 5.61. The van der Waals surface area contributed by atoms with Gasteiger partial charge in [-0.15, -0.1) is 0 Å². The fourth-order valence-corrected chi connectivity index (χ4v) is 3.75. The molecule has 114 valence electrons. The van der Waals surface area contributed by atoms with Crippen LogP contribution in [0.4, 0.5) is 4.79 Å². The van der Waals surface area contributed by atoms with Crippen LogP contribution < -0.4 is 10.6 Å². The predicted molar refractivity (Wildman–Crippen MR) is 84.9 cm³/mol. The molecular formula is C16H17ClN4O. The van der Waals surface area contributed by atoms with Crippen molar-refractivity contribution in [2.24, 2.45) is 5.92 Å². The van der Waals surface area contributed by atoms with Crippen molar-refractivity contribution in [3.63, 3.8) is 0 Å². The lowest BCUT2D eigenvalue weighted by Gasteiger charge is -2.23. The molecule has 1 aliphatic heterocycles. The summed E-state index contributed by atoms with van der Waals surface area (Å²) in [5.74, 6) is 0.701. The first-order valence-corrected chi connectivity index (χ1v) is 7.92. The van der Waals surface area contributed by atoms with E-state index in [0.717, 1.165) is 30.5 Å². The van der Waals surface area contributed by atoms with Crippen LogP contribution in [0.25, 0.3) is 11.1 Å². The number of carbonyl (C=O) groups excluding carboxylic acids is 1. The summed E-state index contributed by atoms with van der Waals surface area (Å²) in [5.41, 5.74) is 1.72. The Morgan fingerprint density at radius 3 is 2.95 bits per heavy atom. The molecule has 0 spiro atoms. The van der Waals surface area contributed by atoms with Crippen LogP contribution in [0, 0.1) is 5.92 Å². The fourth-order valence-electron chi connectivity index (χ4n) is 3.51. The molecule has 2 aliphatic rings. The van der Waals surface area contributed by atoms with Gasteiger partial charge in [-0.1, -0.05) is 29.8 Å². The molecule has 4 rings (SSSR count). The molecule has 2 aromatic rings. The lowest BCUT2D eigenvalue weighted by molar-refractivity contribution is 0.231. The molecule has 1 aromatic heterocycles. The van der Waals surface area contributed by atoms with Crippen LogP contribution in [0.1, 0.15) is 12.8 Å². The molecule has 0 radical (unpaired) electrons. The monoisotopic (exact) mass is 316 g/mol. The molecule has 22 heavy (non-hydrogen) atoms. The van der Waals surface area contributed by atoms with Gasteiger partial charge in [-0.2, -0.15) is 9.78 Å². The number of aromatic nitrogens is 2. The molecule has 1 aromatic carbocycles. The molecule has 2 heterocycles. The maximum absolute atomic E-state index is 12.3. The van der Waals surface area contributed by atoms with Crippen LogP contribution in [0.15, 0.2) is 36.7 Å². The number of amides is 1. The number of hydrogen-bond acceptors (Lipinski definition) is 3. The number of rotatable bonds is 2. The second kappa shape index (κ2) is 5.41. The van der Waals surface area contributed by atoms with Gasteiger partial charge in [0.05, 0.1) is 6.20 Å². The molecule has 3 unspecified atom stereocenters. The van der Waals surface area contributed by atoms with Gasteiger partial charge in [-0.05, 0) is 31.4 Å². The second-order valence-electron chi connectivity index (χ2n) is 6.06. The Bertz CT molecular complexity index is 714. The highest BCUT2D eigenvalue weighted by Gasteiger charge is 2.40. The zero-order chi connectivity index (χ0) is 15.1. The number of piperidine rings is 1. The highest BCUT2D eigenvalue weighted by Crippen LogP contribution is 2.31. The van der Waals surface area contributed by atoms with Crippen LogP contribution in [0.2, 0.25) is 5.02 Å². The number of carbonyl (C=O) groups is 1. The summed E-state index contributed by atoms with van der Waals surface area (Å²) in [5, 5.41) is 11.3. The minimum absolute atomic E-state index is 0.183. The van der Waals surface area contributed by atoms with Gasteiger partial charge in [0, 0.05) is 34.4 Å². The third kappa shape index (κ3) is 2.40. The lowest BCUT2D eigenvalue weighted by atomic mass is 10.1. The average molecular weight is 317 g/mol. The van der Waals surface area contributed by atoms with E-state index < -0.39 is 0 Å². The standard InChI is InChI=1S/C16H17ClN4O/c17-13-4-2-1-3-12(13)11-8-19-21(9-11)16(22)20-15-6-10-5-14(15)18-7-10/h1-4,8-10,14-15,18H,5-7H2,(H,20,22). The first-order valence-electron chi connectivity index (χ1n) is 7.54. The molecule has 6 heteroatoms. The van der Waals surface area contributed by atoms with E-state index in [2.05, 4.69) is 15.7 Å². The average Bonchev–Trinajstić information content (AvgIpc) is 3.24. The molecule has 5 nitrogen and oxygen atoms in total. The maximum Gasteiger partial charge on any atom is 0.342 e. The van der Waals surface area contributed by atoms with Gasteiger partial charge in [0.1, 0.15) is 0 Å². The van der Waals surface area contributed by atoms with Gasteiger partial charge in [0.15, 0.2) is 0 Å². The molecule has 2 N–H and O–H groups in total. The molecule has 1 amide bonds. The quantitative estimate of drug-likeness (QED) is 0.895. The molecule has 1 saturated heterocycles. The zero-order valence-electron chi connectivity index (χ0n) is 12.0. The van der Waals surface area contributed by atoms with E-state index in [1.165, 1.54) is 4.68 Å². The highest BCUT2D eigenvalue weighted by molar-refractivity contribution is 6.33. The van der Waals surface area contributed by atoms with Crippen LogP contribution in [-0.4, -0.2) is 34.4 Å². The van der Waals surface area contributed by atoms with Gasteiger partial charge in [0.2, 0.25) is 0 Å². The van der Waals surface area contributed by atoms with Crippen molar-refractivity contribution >= 4 is 17.6 Å². The van der Waals surface area contributed by atoms with Gasteiger partial charge in [0.25, 0.3) is 0 Å². The Balaban J connectivity index is 1.49. The Morgan fingerprint density at radius 2 is 2.23 bits per heavy atom. The summed E-state index contributed by atoms with van der Waals surface area (Å²) in [4.78, 5) is 12.3. The van der Waals surface area contributed by atoms with Crippen LogP contribution in [-0.2, 0) is 0 Å². The van der Waals surface area contributed by atoms with E-state index in [1.807, 2.05) is 24.3 Å². The molecule has 3 atom stereocenters. The first kappa shape index (κ1) is 13.8. The minimum atomic E-state index is -0.183. The van der Waals surface area contributed by atoms with E-state index in [4.69, 9.17) is 11.6 Å². The number of benzene rings is 1. The van der Waals surface area contributed by atoms with Crippen molar-refractivity contribution in [3.8, 4) is 11.1 Å². The number of fused-ring (bicyclic) bond motifs is 2. The minimum Gasteiger partial charge on any atom is -0.332 e. The first-order chi connectivity index (χ1) is 10.7. The van der Waals surface area contributed by atoms with Gasteiger partial charge < -0.3 is 10.6 Å². The number of halogens is 1. The predicted octanol–water partition coefficient (Wildman–Crippen LogP) is 2.51. The van der Waals surface area contributed by atoms with Crippen molar-refractivity contribution in [2.75, 3.05) is 6.54 Å². The van der Waals surface area contributed by atoms with E-state index in [-0.39, 0.29) is 12.1 Å². The van der Waals surface area contributed by atoms with Gasteiger partial charge in [-0.3, -0.25) is 0 Å². The maximum atomic E-state index is 12.3. The molecule has 2 bridgehead atoms. The van der Waals surface area contributed by atoms with Crippen LogP contribution in [0.5, 0.6) is 0 Å². The van der Waals surface area contributed by atoms with E-state index in [9.17, 15) is 4.79 Å². The normalized spacial score (nSPS) is 26.3. The smallest absolute Gasteiger partial charge is 0.332 e. The molecule has 1 aliphatic carbocycles. The summed E-state index contributed by atoms with van der Waals surface area (Å²) >= 11 is 6.18. The summed E-state index contributed by atoms with van der Waals surface area (Å²) in [7, 11) is 0. The third-order valence-corrected chi connectivity index (χ3v) is 4.94. The van der Waals surface area contributed by atoms with Crippen molar-refractivity contribution in [3.05, 3.63) is 41.7 Å². The topological polar surface area (TPSA) is 59.0 Å². The third-order valence-electron chi connectivity index (χ3n) is 4.61. The SMILES string of the molecule is O=C(NC1CC2CNC1C2)n1cc(-c2ccccc2Cl)cn1.